The highest BCUT2D eigenvalue weighted by atomic mass is 16.5. The number of carbonyl (C=O) groups is 8. The number of likely N-dealkylation sites (N-methyl/N-ethyl adjacent to an activating group) is 1. The van der Waals surface area contributed by atoms with E-state index in [1.165, 1.54) is 14.2 Å². The molecule has 1 aliphatic heterocycles. The van der Waals surface area contributed by atoms with Crippen LogP contribution in [0.2, 0.25) is 0 Å². The number of rotatable bonds is 34. The molecule has 21 heteroatoms. The Balaban J connectivity index is 1.65. The van der Waals surface area contributed by atoms with Crippen LogP contribution in [-0.2, 0) is 55.9 Å². The number of hydrogen-bond donors (Lipinski definition) is 9. The molecule has 0 aromatic heterocycles. The van der Waals surface area contributed by atoms with Crippen LogP contribution in [0.25, 0.3) is 0 Å². The third-order valence-corrected chi connectivity index (χ3v) is 15.2. The zero-order valence-corrected chi connectivity index (χ0v) is 48.8. The smallest absolute Gasteiger partial charge is 0.326 e. The lowest BCUT2D eigenvalue weighted by molar-refractivity contribution is -0.148. The summed E-state index contributed by atoms with van der Waals surface area (Å²) in [6, 6.07) is 10.3. The number of nitrogens with one attached hydrogen (secondary N) is 6. The number of ether oxygens (including phenoxy) is 2. The Bertz CT molecular complexity index is 2270. The van der Waals surface area contributed by atoms with Crippen molar-refractivity contribution in [2.24, 2.45) is 41.1 Å². The molecule has 0 radical (unpaired) electrons. The van der Waals surface area contributed by atoms with Gasteiger partial charge in [-0.1, -0.05) is 111 Å². The van der Waals surface area contributed by atoms with Crippen LogP contribution in [0, 0.1) is 29.6 Å². The zero-order valence-electron chi connectivity index (χ0n) is 48.8. The van der Waals surface area contributed by atoms with Crippen molar-refractivity contribution in [3.8, 4) is 0 Å². The molecule has 21 nitrogen and oxygen atoms in total. The Morgan fingerprint density at radius 1 is 0.747 bits per heavy atom. The van der Waals surface area contributed by atoms with E-state index in [1.807, 2.05) is 73.6 Å². The summed E-state index contributed by atoms with van der Waals surface area (Å²) in [7, 11) is 4.69. The number of methoxy groups -OCH3 is 2. The summed E-state index contributed by atoms with van der Waals surface area (Å²) in [4.78, 5) is 110. The predicted molar refractivity (Wildman–Crippen MR) is 304 cm³/mol. The fourth-order valence-electron chi connectivity index (χ4n) is 10.2. The molecule has 11 N–H and O–H groups in total. The molecule has 0 saturated carbocycles. The average Bonchev–Trinajstić information content (AvgIpc) is 3.90. The molecule has 1 aliphatic rings. The van der Waals surface area contributed by atoms with Gasteiger partial charge < -0.3 is 67.7 Å². The number of hydrogen-bond acceptors (Lipinski definition) is 12. The molecule has 442 valence electrons. The molecule has 2 aromatic rings. The highest BCUT2D eigenvalue weighted by Gasteiger charge is 2.43. The van der Waals surface area contributed by atoms with Gasteiger partial charge >= 0.3 is 12.0 Å². The first-order chi connectivity index (χ1) is 37.4. The van der Waals surface area contributed by atoms with E-state index in [9.17, 15) is 43.5 Å². The van der Waals surface area contributed by atoms with Crippen molar-refractivity contribution in [3.05, 3.63) is 65.7 Å². The van der Waals surface area contributed by atoms with E-state index in [1.54, 1.807) is 60.2 Å². The first-order valence-corrected chi connectivity index (χ1v) is 28.1. The molecule has 0 aliphatic carbocycles. The van der Waals surface area contributed by atoms with Gasteiger partial charge in [0.05, 0.1) is 48.7 Å². The number of carboxylic acid groups (broad SMARTS) is 1. The summed E-state index contributed by atoms with van der Waals surface area (Å²) in [6.45, 7) is 18.1. The minimum Gasteiger partial charge on any atom is -0.480 e. The lowest BCUT2D eigenvalue weighted by Crippen LogP contribution is -2.60. The highest BCUT2D eigenvalue weighted by Crippen LogP contribution is 2.30. The molecular formula is C58H94N10O11. The van der Waals surface area contributed by atoms with Crippen molar-refractivity contribution in [1.82, 2.24) is 36.4 Å². The normalized spacial score (nSPS) is 17.3. The van der Waals surface area contributed by atoms with Crippen molar-refractivity contribution in [2.75, 3.05) is 46.2 Å². The van der Waals surface area contributed by atoms with E-state index in [0.29, 0.717) is 57.3 Å². The topological polar surface area (TPSA) is 306 Å². The molecule has 79 heavy (non-hydrogen) atoms. The maximum Gasteiger partial charge on any atom is 0.326 e. The third kappa shape index (κ3) is 20.8. The number of primary amides is 1. The molecule has 1 saturated heterocycles. The van der Waals surface area contributed by atoms with E-state index in [-0.39, 0.29) is 67.2 Å². The van der Waals surface area contributed by atoms with Crippen molar-refractivity contribution in [3.63, 3.8) is 0 Å². The van der Waals surface area contributed by atoms with Gasteiger partial charge in [0.25, 0.3) is 0 Å². The second kappa shape index (κ2) is 33.4. The molecule has 0 unspecified atom stereocenters. The van der Waals surface area contributed by atoms with E-state index >= 15 is 0 Å². The zero-order chi connectivity index (χ0) is 59.1. The van der Waals surface area contributed by atoms with Crippen LogP contribution in [0.1, 0.15) is 118 Å². The number of aliphatic carboxylic acids is 1. The van der Waals surface area contributed by atoms with Gasteiger partial charge in [0.15, 0.2) is 0 Å². The third-order valence-electron chi connectivity index (χ3n) is 15.2. The predicted octanol–water partition coefficient (Wildman–Crippen LogP) is 3.96. The van der Waals surface area contributed by atoms with Crippen LogP contribution in [0.15, 0.2) is 54.6 Å². The summed E-state index contributed by atoms with van der Waals surface area (Å²) >= 11 is 0. The van der Waals surface area contributed by atoms with Gasteiger partial charge in [0.1, 0.15) is 18.1 Å². The number of aryl methyl sites for hydroxylation is 1. The van der Waals surface area contributed by atoms with E-state index < -0.39 is 90.1 Å². The Morgan fingerprint density at radius 2 is 1.38 bits per heavy atom. The van der Waals surface area contributed by atoms with Crippen LogP contribution in [0.3, 0.4) is 0 Å². The maximum atomic E-state index is 14.7. The van der Waals surface area contributed by atoms with Crippen molar-refractivity contribution < 1.29 is 52.9 Å². The highest BCUT2D eigenvalue weighted by molar-refractivity contribution is 5.98. The fourth-order valence-corrected chi connectivity index (χ4v) is 10.2. The molecular weight excluding hydrogens is 1010 g/mol. The van der Waals surface area contributed by atoms with Gasteiger partial charge in [-0.15, -0.1) is 0 Å². The SMILES string of the molecule is CC[C@H](C)[C@@H]([C@@H](CC(=O)N1CCC[C@H]1[C@H](OC)[C@@H](C)C(=O)N[C@@H](Cc1ccccc1)C(=O)O)OC)N(C)C(=O)[C@@H](NC(=O)[C@@H](NCCCc1ccc(NC(=O)[C@H](CCCNC(N)=O)NC(=O)[C@@H](N)C(C)C)cc1)C(C)C)C(C)C. The Morgan fingerprint density at radius 3 is 1.94 bits per heavy atom. The number of amides is 8. The number of nitrogens with zero attached hydrogens (tertiary/aromatic N) is 2. The number of carbonyl (C=O) groups excluding carboxylic acids is 7. The van der Waals surface area contributed by atoms with Crippen LogP contribution in [-0.4, -0.2) is 158 Å². The number of anilines is 1. The largest absolute Gasteiger partial charge is 0.480 e. The number of nitrogens with two attached hydrogens (primary N) is 2. The number of urea groups is 1. The standard InChI is InChI=1S/C58H94N10O11/c1-13-37(8)50(45(78-11)33-46(69)68-31-19-24-44(68)51(79-12)38(9)52(70)65-43(57(75)76)32-40-20-15-14-16-21-40)67(10)56(74)49(36(6)7)66-55(73)48(35(4)5)61-29-17-22-39-25-27-41(28-26-39)63-53(71)42(23-18-30-62-58(60)77)64-54(72)47(59)34(2)3/h14-16,20-21,25-28,34-38,42-45,47-51,61H,13,17-19,22-24,29-33,59H2,1-12H3,(H,63,71)(H,64,72)(H,65,70)(H,66,73)(H,75,76)(H3,60,62,77)/t37-,38+,42-,43-,44-,45+,47-,48-,49-,50-,51+/m0/s1. The summed E-state index contributed by atoms with van der Waals surface area (Å²) in [5.74, 6) is -4.86. The minimum absolute atomic E-state index is 0.0659. The van der Waals surface area contributed by atoms with Gasteiger partial charge in [-0.3, -0.25) is 28.8 Å². The quantitative estimate of drug-likeness (QED) is 0.0449. The van der Waals surface area contributed by atoms with Crippen molar-refractivity contribution >= 4 is 53.1 Å². The van der Waals surface area contributed by atoms with Gasteiger partial charge in [-0.2, -0.15) is 0 Å². The average molecular weight is 1110 g/mol. The minimum atomic E-state index is -1.16. The lowest BCUT2D eigenvalue weighted by Gasteiger charge is -2.41. The molecule has 2 aromatic carbocycles. The lowest BCUT2D eigenvalue weighted by atomic mass is 9.89. The molecule has 0 spiro atoms. The second-order valence-corrected chi connectivity index (χ2v) is 22.1. The molecule has 1 heterocycles. The molecule has 11 atom stereocenters. The Kier molecular flexibility index (Phi) is 28.4. The first-order valence-electron chi connectivity index (χ1n) is 28.1. The van der Waals surface area contributed by atoms with Crippen LogP contribution in [0.4, 0.5) is 10.5 Å². The van der Waals surface area contributed by atoms with E-state index in [2.05, 4.69) is 31.9 Å². The summed E-state index contributed by atoms with van der Waals surface area (Å²) in [5.41, 5.74) is 13.5. The van der Waals surface area contributed by atoms with Crippen molar-refractivity contribution in [1.29, 1.82) is 0 Å². The second-order valence-electron chi connectivity index (χ2n) is 22.1. The van der Waals surface area contributed by atoms with Crippen molar-refractivity contribution in [2.45, 2.75) is 175 Å². The summed E-state index contributed by atoms with van der Waals surface area (Å²) < 4.78 is 12.0. The Hall–Kier alpha value is -6.16. The van der Waals surface area contributed by atoms with Gasteiger partial charge in [0.2, 0.25) is 35.4 Å². The van der Waals surface area contributed by atoms with Crippen LogP contribution < -0.4 is 43.4 Å². The van der Waals surface area contributed by atoms with Gasteiger partial charge in [-0.05, 0) is 92.0 Å². The summed E-state index contributed by atoms with van der Waals surface area (Å²) in [6.07, 6.45) is 2.45. The van der Waals surface area contributed by atoms with E-state index in [0.717, 1.165) is 11.1 Å². The molecule has 8 amide bonds. The molecule has 0 bridgehead atoms. The van der Waals surface area contributed by atoms with Gasteiger partial charge in [-0.25, -0.2) is 9.59 Å². The maximum absolute atomic E-state index is 14.7. The van der Waals surface area contributed by atoms with Gasteiger partial charge in [0, 0.05) is 46.5 Å². The Labute approximate surface area is 468 Å². The summed E-state index contributed by atoms with van der Waals surface area (Å²) in [5, 5.41) is 27.2. The molecule has 1 fully saturated rings. The van der Waals surface area contributed by atoms with Crippen LogP contribution >= 0.6 is 0 Å². The van der Waals surface area contributed by atoms with E-state index in [4.69, 9.17) is 20.9 Å². The fraction of sp³-hybridized carbons (Fsp3) is 0.655. The van der Waals surface area contributed by atoms with Crippen LogP contribution in [0.5, 0.6) is 0 Å². The number of likely N-dealkylation sites (tertiary alicyclic amines) is 1. The number of carboxylic acids is 1. The first kappa shape index (κ1) is 67.1. The monoisotopic (exact) mass is 1110 g/mol. The number of benzene rings is 2. The molecule has 3 rings (SSSR count).